The Morgan fingerprint density at radius 2 is 1.36 bits per heavy atom. The molecule has 0 rings (SSSR count). The molecule has 1 atom stereocenters. The van der Waals surface area contributed by atoms with Gasteiger partial charge in [-0.3, -0.25) is 19.2 Å². The van der Waals surface area contributed by atoms with Gasteiger partial charge in [0.2, 0.25) is 23.6 Å². The molecule has 0 aliphatic carbocycles. The summed E-state index contributed by atoms with van der Waals surface area (Å²) < 4.78 is 0. The number of carbonyl (C=O) groups excluding carboxylic acids is 5. The van der Waals surface area contributed by atoms with Gasteiger partial charge < -0.3 is 31.9 Å². The van der Waals surface area contributed by atoms with Crippen molar-refractivity contribution < 1.29 is 24.0 Å². The molecule has 0 heterocycles. The van der Waals surface area contributed by atoms with E-state index < -0.39 is 6.04 Å². The van der Waals surface area contributed by atoms with Crippen LogP contribution in [0.4, 0.5) is 4.79 Å². The van der Waals surface area contributed by atoms with E-state index in [1.165, 1.54) is 13.8 Å². The molecule has 6 amide bonds. The van der Waals surface area contributed by atoms with Crippen molar-refractivity contribution in [3.8, 4) is 0 Å². The Kier molecular flexibility index (Phi) is 19.1. The number of hydrogen-bond donors (Lipinski definition) is 6. The molecule has 0 radical (unpaired) electrons. The van der Waals surface area contributed by atoms with Crippen LogP contribution in [0.1, 0.15) is 46.5 Å². The number of likely N-dealkylation sites (N-methyl/N-ethyl adjacent to an activating group) is 1. The minimum absolute atomic E-state index is 0.0438. The summed E-state index contributed by atoms with van der Waals surface area (Å²) in [6.07, 6.45) is 2.02. The quantitative estimate of drug-likeness (QED) is 0.114. The molecule has 33 heavy (non-hydrogen) atoms. The highest BCUT2D eigenvalue weighted by Gasteiger charge is 2.17. The van der Waals surface area contributed by atoms with Crippen LogP contribution in [0.2, 0.25) is 0 Å². The zero-order valence-electron chi connectivity index (χ0n) is 19.7. The molecule has 0 saturated carbocycles. The SMILES string of the molecule is CCNC(=O)C(CCCCNC(=O)CCNC(=O)NCCSSCCNC(C)=O)NC(C)=O. The van der Waals surface area contributed by atoms with Gasteiger partial charge >= 0.3 is 6.03 Å². The van der Waals surface area contributed by atoms with Crippen LogP contribution in [0, 0.1) is 0 Å². The van der Waals surface area contributed by atoms with Gasteiger partial charge in [-0.1, -0.05) is 21.6 Å². The van der Waals surface area contributed by atoms with Gasteiger partial charge in [0.25, 0.3) is 0 Å². The first kappa shape index (κ1) is 30.9. The normalized spacial score (nSPS) is 11.1. The van der Waals surface area contributed by atoms with Crippen LogP contribution in [0.3, 0.4) is 0 Å². The molecular weight excluding hydrogens is 468 g/mol. The maximum Gasteiger partial charge on any atom is 0.314 e. The van der Waals surface area contributed by atoms with Crippen LogP contribution in [-0.4, -0.2) is 79.9 Å². The standard InChI is InChI=1S/C20H38N6O5S2/c1-4-21-19(30)17(26-16(3)28)7-5-6-9-23-18(29)8-10-24-20(31)25-12-14-33-32-13-11-22-15(2)27/h17H,4-14H2,1-3H3,(H,21,30)(H,22,27)(H,23,29)(H,26,28)(H2,24,25,31). The number of urea groups is 1. The Morgan fingerprint density at radius 3 is 1.97 bits per heavy atom. The Hall–Kier alpha value is -2.15. The van der Waals surface area contributed by atoms with E-state index in [0.29, 0.717) is 45.4 Å². The predicted octanol–water partition coefficient (Wildman–Crippen LogP) is 0.121. The Labute approximate surface area is 203 Å². The van der Waals surface area contributed by atoms with Gasteiger partial charge in [-0.05, 0) is 26.2 Å². The fraction of sp³-hybridized carbons (Fsp3) is 0.750. The minimum Gasteiger partial charge on any atom is -0.356 e. The van der Waals surface area contributed by atoms with Crippen molar-refractivity contribution in [2.24, 2.45) is 0 Å². The molecule has 6 N–H and O–H groups in total. The summed E-state index contributed by atoms with van der Waals surface area (Å²) in [5.41, 5.74) is 0. The van der Waals surface area contributed by atoms with Crippen LogP contribution < -0.4 is 31.9 Å². The number of nitrogens with one attached hydrogen (secondary N) is 6. The smallest absolute Gasteiger partial charge is 0.314 e. The van der Waals surface area contributed by atoms with Crippen molar-refractivity contribution >= 4 is 51.2 Å². The average molecular weight is 507 g/mol. The minimum atomic E-state index is -0.568. The third-order valence-electron chi connectivity index (χ3n) is 4.04. The molecule has 0 bridgehead atoms. The van der Waals surface area contributed by atoms with E-state index in [1.54, 1.807) is 21.6 Å². The summed E-state index contributed by atoms with van der Waals surface area (Å²) in [6.45, 7) is 6.99. The van der Waals surface area contributed by atoms with Gasteiger partial charge in [0, 0.05) is 64.5 Å². The third-order valence-corrected chi connectivity index (χ3v) is 6.45. The van der Waals surface area contributed by atoms with Gasteiger partial charge in [0.15, 0.2) is 0 Å². The van der Waals surface area contributed by atoms with Gasteiger partial charge in [0.05, 0.1) is 0 Å². The Balaban J connectivity index is 3.70. The largest absolute Gasteiger partial charge is 0.356 e. The summed E-state index contributed by atoms with van der Waals surface area (Å²) in [7, 11) is 3.24. The second-order valence-electron chi connectivity index (χ2n) is 7.05. The molecule has 0 saturated heterocycles. The monoisotopic (exact) mass is 506 g/mol. The second kappa shape index (κ2) is 20.5. The number of carbonyl (C=O) groups is 5. The lowest BCUT2D eigenvalue weighted by molar-refractivity contribution is -0.128. The first-order valence-electron chi connectivity index (χ1n) is 11.1. The lowest BCUT2D eigenvalue weighted by Crippen LogP contribution is -2.46. The predicted molar refractivity (Wildman–Crippen MR) is 133 cm³/mol. The van der Waals surface area contributed by atoms with Crippen LogP contribution >= 0.6 is 21.6 Å². The molecule has 1 unspecified atom stereocenters. The molecular formula is C20H38N6O5S2. The van der Waals surface area contributed by atoms with Crippen molar-refractivity contribution in [2.45, 2.75) is 52.5 Å². The highest BCUT2D eigenvalue weighted by Crippen LogP contribution is 2.19. The first-order valence-corrected chi connectivity index (χ1v) is 13.6. The highest BCUT2D eigenvalue weighted by atomic mass is 33.1. The Bertz CT molecular complexity index is 624. The van der Waals surface area contributed by atoms with Gasteiger partial charge in [-0.15, -0.1) is 0 Å². The topological polar surface area (TPSA) is 158 Å². The van der Waals surface area contributed by atoms with Crippen LogP contribution in [0.5, 0.6) is 0 Å². The maximum atomic E-state index is 11.9. The zero-order valence-corrected chi connectivity index (χ0v) is 21.3. The number of amides is 6. The van der Waals surface area contributed by atoms with E-state index in [0.717, 1.165) is 11.5 Å². The van der Waals surface area contributed by atoms with Gasteiger partial charge in [0.1, 0.15) is 6.04 Å². The molecule has 11 nitrogen and oxygen atoms in total. The van der Waals surface area contributed by atoms with E-state index in [9.17, 15) is 24.0 Å². The molecule has 13 heteroatoms. The number of rotatable bonds is 18. The number of hydrogen-bond acceptors (Lipinski definition) is 7. The van der Waals surface area contributed by atoms with E-state index in [2.05, 4.69) is 31.9 Å². The lowest BCUT2D eigenvalue weighted by Gasteiger charge is -2.17. The van der Waals surface area contributed by atoms with Crippen molar-refractivity contribution in [1.82, 2.24) is 31.9 Å². The number of unbranched alkanes of at least 4 members (excludes halogenated alkanes) is 1. The maximum absolute atomic E-state index is 11.9. The third kappa shape index (κ3) is 20.2. The summed E-state index contributed by atoms with van der Waals surface area (Å²) in [5.74, 6) is 0.867. The Morgan fingerprint density at radius 1 is 0.727 bits per heavy atom. The van der Waals surface area contributed by atoms with E-state index >= 15 is 0 Å². The van der Waals surface area contributed by atoms with Gasteiger partial charge in [-0.25, -0.2) is 4.79 Å². The highest BCUT2D eigenvalue weighted by molar-refractivity contribution is 8.76. The van der Waals surface area contributed by atoms with Crippen molar-refractivity contribution in [3.63, 3.8) is 0 Å². The molecule has 190 valence electrons. The molecule has 0 aliphatic rings. The van der Waals surface area contributed by atoms with E-state index in [4.69, 9.17) is 0 Å². The van der Waals surface area contributed by atoms with Crippen molar-refractivity contribution in [3.05, 3.63) is 0 Å². The van der Waals surface area contributed by atoms with Crippen LogP contribution in [-0.2, 0) is 19.2 Å². The van der Waals surface area contributed by atoms with E-state index in [-0.39, 0.29) is 42.6 Å². The molecule has 0 aromatic carbocycles. The first-order chi connectivity index (χ1) is 15.8. The average Bonchev–Trinajstić information content (AvgIpc) is 2.74. The summed E-state index contributed by atoms with van der Waals surface area (Å²) in [6, 6.07) is -0.886. The summed E-state index contributed by atoms with van der Waals surface area (Å²) in [5, 5.41) is 16.2. The molecule has 0 aromatic rings. The zero-order chi connectivity index (χ0) is 24.9. The van der Waals surface area contributed by atoms with E-state index in [1.807, 2.05) is 6.92 Å². The van der Waals surface area contributed by atoms with Crippen LogP contribution in [0.25, 0.3) is 0 Å². The van der Waals surface area contributed by atoms with Crippen molar-refractivity contribution in [2.75, 3.05) is 44.2 Å². The fourth-order valence-corrected chi connectivity index (χ4v) is 4.36. The molecule has 0 spiro atoms. The molecule has 0 fully saturated rings. The molecule has 0 aromatic heterocycles. The van der Waals surface area contributed by atoms with Gasteiger partial charge in [-0.2, -0.15) is 0 Å². The second-order valence-corrected chi connectivity index (χ2v) is 9.76. The molecule has 0 aliphatic heterocycles. The summed E-state index contributed by atoms with van der Waals surface area (Å²) >= 11 is 0. The summed E-state index contributed by atoms with van der Waals surface area (Å²) in [4.78, 5) is 57.4. The fourth-order valence-electron chi connectivity index (χ4n) is 2.55. The lowest BCUT2D eigenvalue weighted by atomic mass is 10.1. The van der Waals surface area contributed by atoms with Crippen molar-refractivity contribution in [1.29, 1.82) is 0 Å². The van der Waals surface area contributed by atoms with Crippen LogP contribution in [0.15, 0.2) is 0 Å².